The lowest BCUT2D eigenvalue weighted by atomic mass is 10.7. The van der Waals surface area contributed by atoms with Crippen LogP contribution >= 0.6 is 0 Å². The molecule has 0 rings (SSSR count). The molecule has 0 unspecified atom stereocenters. The summed E-state index contributed by atoms with van der Waals surface area (Å²) >= 11 is 0. The molecule has 0 heterocycles. The fraction of sp³-hybridized carbons (Fsp3) is 0.500. The zero-order valence-electron chi connectivity index (χ0n) is 4.09. The topological polar surface area (TPSA) is 94.4 Å². The van der Waals surface area contributed by atoms with Gasteiger partial charge < -0.3 is 9.68 Å². The van der Waals surface area contributed by atoms with Gasteiger partial charge in [0.2, 0.25) is 6.29 Å². The normalized spacial score (nSPS) is 8.11. The highest BCUT2D eigenvalue weighted by Gasteiger charge is 2.08. The van der Waals surface area contributed by atoms with Gasteiger partial charge in [-0.25, -0.2) is 0 Å². The van der Waals surface area contributed by atoms with E-state index in [9.17, 15) is 14.6 Å². The van der Waals surface area contributed by atoms with Gasteiger partial charge in [-0.1, -0.05) is 0 Å². The molecule has 0 amide bonds. The van der Waals surface area contributed by atoms with Crippen molar-refractivity contribution in [3.8, 4) is 0 Å². The van der Waals surface area contributed by atoms with E-state index in [0.29, 0.717) is 0 Å². The van der Waals surface area contributed by atoms with E-state index in [0.717, 1.165) is 0 Å². The molecule has 0 aliphatic heterocycles. The van der Waals surface area contributed by atoms with Gasteiger partial charge in [0.1, 0.15) is 0 Å². The number of rotatable bonds is 5. The van der Waals surface area contributed by atoms with E-state index in [4.69, 9.17) is 0 Å². The zero-order chi connectivity index (χ0) is 7.11. The van der Waals surface area contributed by atoms with Crippen LogP contribution in [0.4, 0.5) is 0 Å². The molecule has 0 aliphatic carbocycles. The van der Waals surface area contributed by atoms with Crippen molar-refractivity contribution in [2.45, 2.75) is 6.29 Å². The third-order valence-electron chi connectivity index (χ3n) is 0.405. The Hall–Kier alpha value is -1.53. The Morgan fingerprint density at radius 1 is 1.22 bits per heavy atom. The molecular formula is C2H2N2O5. The minimum Gasteiger partial charge on any atom is -0.308 e. The summed E-state index contributed by atoms with van der Waals surface area (Å²) in [6, 6.07) is 0. The van der Waals surface area contributed by atoms with Gasteiger partial charge in [0.25, 0.3) is 0 Å². The van der Waals surface area contributed by atoms with Gasteiger partial charge >= 0.3 is 6.29 Å². The Kier molecular flexibility index (Phi) is 3.84. The van der Waals surface area contributed by atoms with Gasteiger partial charge in [0.15, 0.2) is 10.7 Å². The molecule has 9 heavy (non-hydrogen) atoms. The van der Waals surface area contributed by atoms with Crippen LogP contribution in [-0.2, 0) is 14.5 Å². The van der Waals surface area contributed by atoms with E-state index >= 15 is 0 Å². The van der Waals surface area contributed by atoms with Gasteiger partial charge in [-0.15, -0.1) is 9.81 Å². The van der Waals surface area contributed by atoms with Crippen molar-refractivity contribution in [2.75, 3.05) is 0 Å². The molecule has 0 atom stereocenters. The van der Waals surface area contributed by atoms with Crippen molar-refractivity contribution >= 4 is 6.29 Å². The van der Waals surface area contributed by atoms with Gasteiger partial charge in [-0.3, -0.25) is 4.79 Å². The van der Waals surface area contributed by atoms with Crippen LogP contribution in [0.3, 0.4) is 0 Å². The summed E-state index contributed by atoms with van der Waals surface area (Å²) in [7, 11) is 0. The second-order valence-electron chi connectivity index (χ2n) is 0.864. The smallest absolute Gasteiger partial charge is 0.308 e. The van der Waals surface area contributed by atoms with E-state index in [1.807, 2.05) is 10.7 Å². The van der Waals surface area contributed by atoms with Gasteiger partial charge in [0.05, 0.1) is 0 Å². The summed E-state index contributed by atoms with van der Waals surface area (Å²) in [5.41, 5.74) is 0. The van der Waals surface area contributed by atoms with Crippen molar-refractivity contribution in [3.05, 3.63) is 9.81 Å². The lowest BCUT2D eigenvalue weighted by molar-refractivity contribution is -0.159. The second kappa shape index (κ2) is 4.62. The number of carbonyl (C=O) groups is 1. The average Bonchev–Trinajstić information content (AvgIpc) is 1.88. The number of aldehydes is 1. The minimum atomic E-state index is -1.63. The quantitative estimate of drug-likeness (QED) is 0.226. The Balaban J connectivity index is 3.51. The van der Waals surface area contributed by atoms with Crippen LogP contribution < -0.4 is 0 Å². The van der Waals surface area contributed by atoms with Crippen molar-refractivity contribution in [3.63, 3.8) is 0 Å². The maximum Gasteiger partial charge on any atom is 0.351 e. The summed E-state index contributed by atoms with van der Waals surface area (Å²) in [6.07, 6.45) is -1.57. The first-order valence-corrected chi connectivity index (χ1v) is 1.77. The highest BCUT2D eigenvalue weighted by molar-refractivity contribution is 5.53. The molecule has 0 aromatic rings. The molecule has 7 heteroatoms. The molecule has 0 radical (unpaired) electrons. The largest absolute Gasteiger partial charge is 0.351 e. The highest BCUT2D eigenvalue weighted by Crippen LogP contribution is 1.90. The summed E-state index contributed by atoms with van der Waals surface area (Å²) in [4.78, 5) is 35.3. The zero-order valence-corrected chi connectivity index (χ0v) is 4.09. The first-order valence-electron chi connectivity index (χ1n) is 1.77. The molecule has 50 valence electrons. The average molecular weight is 134 g/mol. The Morgan fingerprint density at radius 2 is 1.67 bits per heavy atom. The number of nitrogens with zero attached hydrogens (tertiary/aromatic N) is 2. The summed E-state index contributed by atoms with van der Waals surface area (Å²) in [5.74, 6) is 0. The van der Waals surface area contributed by atoms with Crippen LogP contribution in [0.15, 0.2) is 10.7 Å². The van der Waals surface area contributed by atoms with Crippen LogP contribution in [0.5, 0.6) is 0 Å². The second-order valence-corrected chi connectivity index (χ2v) is 0.864. The van der Waals surface area contributed by atoms with Gasteiger partial charge in [0, 0.05) is 0 Å². The summed E-state index contributed by atoms with van der Waals surface area (Å²) in [6.45, 7) is 0. The molecule has 0 aromatic carbocycles. The molecule has 7 nitrogen and oxygen atoms in total. The molecule has 0 spiro atoms. The first kappa shape index (κ1) is 7.47. The molecule has 0 saturated carbocycles. The number of carbonyl (C=O) groups excluding carboxylic acids is 1. The van der Waals surface area contributed by atoms with Crippen molar-refractivity contribution in [1.29, 1.82) is 0 Å². The maximum atomic E-state index is 9.64. The number of hydrogen-bond donors (Lipinski definition) is 0. The molecule has 0 bridgehead atoms. The van der Waals surface area contributed by atoms with Gasteiger partial charge in [-0.05, 0) is 0 Å². The fourth-order valence-electron chi connectivity index (χ4n) is 0.154. The molecule has 0 fully saturated rings. The SMILES string of the molecule is O=CC(ON=O)ON=O. The van der Waals surface area contributed by atoms with Crippen LogP contribution in [0.1, 0.15) is 0 Å². The lowest BCUT2D eigenvalue weighted by Gasteiger charge is -1.97. The highest BCUT2D eigenvalue weighted by atomic mass is 16.9. The Morgan fingerprint density at radius 3 is 1.89 bits per heavy atom. The van der Waals surface area contributed by atoms with Crippen molar-refractivity contribution in [1.82, 2.24) is 0 Å². The van der Waals surface area contributed by atoms with Crippen LogP contribution in [0.25, 0.3) is 0 Å². The van der Waals surface area contributed by atoms with E-state index in [-0.39, 0.29) is 6.29 Å². The van der Waals surface area contributed by atoms with Crippen LogP contribution in [0.2, 0.25) is 0 Å². The maximum absolute atomic E-state index is 9.64. The molecule has 0 saturated heterocycles. The first-order chi connectivity index (χ1) is 4.35. The molecule has 0 N–H and O–H groups in total. The molecular weight excluding hydrogens is 132 g/mol. The fourth-order valence-corrected chi connectivity index (χ4v) is 0.154. The summed E-state index contributed by atoms with van der Waals surface area (Å²) < 4.78 is 0. The third-order valence-corrected chi connectivity index (χ3v) is 0.405. The van der Waals surface area contributed by atoms with Crippen molar-refractivity contribution < 1.29 is 14.5 Å². The summed E-state index contributed by atoms with van der Waals surface area (Å²) in [5, 5.41) is 3.64. The standard InChI is InChI=1S/C2H2N2O5/c5-1-2(8-3-6)9-4-7/h1-2H. The van der Waals surface area contributed by atoms with E-state index in [1.165, 1.54) is 0 Å². The predicted octanol–water partition coefficient (Wildman–Crippen LogP) is -0.0926. The number of hydrogen-bond acceptors (Lipinski definition) is 7. The monoisotopic (exact) mass is 134 g/mol. The van der Waals surface area contributed by atoms with E-state index < -0.39 is 6.29 Å². The third kappa shape index (κ3) is 3.09. The minimum absolute atomic E-state index is 0.0583. The van der Waals surface area contributed by atoms with Crippen LogP contribution in [-0.4, -0.2) is 12.6 Å². The van der Waals surface area contributed by atoms with Crippen LogP contribution in [0, 0.1) is 9.81 Å². The van der Waals surface area contributed by atoms with E-state index in [1.54, 1.807) is 0 Å². The lowest BCUT2D eigenvalue weighted by Crippen LogP contribution is -2.11. The van der Waals surface area contributed by atoms with Crippen molar-refractivity contribution in [2.24, 2.45) is 10.7 Å². The predicted molar refractivity (Wildman–Crippen MR) is 23.6 cm³/mol. The molecule has 0 aliphatic rings. The van der Waals surface area contributed by atoms with Gasteiger partial charge in [-0.2, -0.15) is 0 Å². The molecule has 0 aromatic heterocycles. The van der Waals surface area contributed by atoms with E-state index in [2.05, 4.69) is 9.68 Å². The Labute approximate surface area is 48.8 Å². The Bertz CT molecular complexity index is 104.